The fourth-order valence-electron chi connectivity index (χ4n) is 3.88. The molecule has 1 aliphatic heterocycles. The quantitative estimate of drug-likeness (QED) is 0.787. The zero-order valence-corrected chi connectivity index (χ0v) is 11.5. The minimum absolute atomic E-state index is 0.161. The number of hydrogen-bond acceptors (Lipinski definition) is 2. The minimum atomic E-state index is 0.161. The van der Waals surface area contributed by atoms with Crippen molar-refractivity contribution in [2.45, 2.75) is 51.1 Å². The number of nitrogens with two attached hydrogens (primary N) is 1. The second kappa shape index (κ2) is 4.87. The van der Waals surface area contributed by atoms with Gasteiger partial charge in [-0.15, -0.1) is 0 Å². The highest BCUT2D eigenvalue weighted by Crippen LogP contribution is 2.40. The van der Waals surface area contributed by atoms with Gasteiger partial charge in [-0.2, -0.15) is 0 Å². The first-order chi connectivity index (χ1) is 9.16. The molecule has 1 heterocycles. The van der Waals surface area contributed by atoms with E-state index in [9.17, 15) is 4.79 Å². The number of hydrogen-bond donors (Lipinski definition) is 1. The molecule has 1 aromatic rings. The number of benzene rings is 1. The van der Waals surface area contributed by atoms with Crippen molar-refractivity contribution >= 4 is 11.6 Å². The SMILES string of the molecule is CC1CC2CCCCC2N1C(=O)c1cccc(N)c1. The first-order valence-electron chi connectivity index (χ1n) is 7.35. The first kappa shape index (κ1) is 12.5. The van der Waals surface area contributed by atoms with Crippen molar-refractivity contribution in [2.24, 2.45) is 5.92 Å². The molecule has 102 valence electrons. The molecule has 1 aliphatic carbocycles. The highest BCUT2D eigenvalue weighted by molar-refractivity contribution is 5.95. The number of amides is 1. The first-order valence-corrected chi connectivity index (χ1v) is 7.35. The lowest BCUT2D eigenvalue weighted by Gasteiger charge is -2.33. The van der Waals surface area contributed by atoms with Gasteiger partial charge in [-0.05, 0) is 50.3 Å². The standard InChI is InChI=1S/C16H22N2O/c1-11-9-12-5-2-3-8-15(12)18(11)16(19)13-6-4-7-14(17)10-13/h4,6-7,10-12,15H,2-3,5,8-9,17H2,1H3. The van der Waals surface area contributed by atoms with Gasteiger partial charge in [-0.3, -0.25) is 4.79 Å². The minimum Gasteiger partial charge on any atom is -0.399 e. The normalized spacial score (nSPS) is 30.2. The van der Waals surface area contributed by atoms with Crippen molar-refractivity contribution in [3.05, 3.63) is 29.8 Å². The van der Waals surface area contributed by atoms with Crippen LogP contribution in [-0.4, -0.2) is 22.9 Å². The zero-order chi connectivity index (χ0) is 13.4. The average Bonchev–Trinajstić information content (AvgIpc) is 2.74. The van der Waals surface area contributed by atoms with Gasteiger partial charge < -0.3 is 10.6 Å². The van der Waals surface area contributed by atoms with E-state index in [1.807, 2.05) is 18.2 Å². The van der Waals surface area contributed by atoms with Gasteiger partial charge in [-0.25, -0.2) is 0 Å². The molecule has 3 nitrogen and oxygen atoms in total. The number of anilines is 1. The van der Waals surface area contributed by atoms with E-state index in [0.29, 0.717) is 23.7 Å². The molecule has 2 aliphatic rings. The summed E-state index contributed by atoms with van der Waals surface area (Å²) in [4.78, 5) is 14.9. The lowest BCUT2D eigenvalue weighted by atomic mass is 9.85. The van der Waals surface area contributed by atoms with Gasteiger partial charge in [0.05, 0.1) is 0 Å². The number of carbonyl (C=O) groups excluding carboxylic acids is 1. The molecule has 1 amide bonds. The third-order valence-electron chi connectivity index (χ3n) is 4.71. The third-order valence-corrected chi connectivity index (χ3v) is 4.71. The number of nitrogen functional groups attached to an aromatic ring is 1. The highest BCUT2D eigenvalue weighted by atomic mass is 16.2. The molecule has 1 saturated carbocycles. The smallest absolute Gasteiger partial charge is 0.254 e. The molecule has 3 atom stereocenters. The van der Waals surface area contributed by atoms with E-state index in [0.717, 1.165) is 5.56 Å². The molecule has 3 heteroatoms. The molecular formula is C16H22N2O. The van der Waals surface area contributed by atoms with Crippen molar-refractivity contribution in [2.75, 3.05) is 5.73 Å². The van der Waals surface area contributed by atoms with Gasteiger partial charge in [0.2, 0.25) is 0 Å². The summed E-state index contributed by atoms with van der Waals surface area (Å²) in [5.74, 6) is 0.878. The Morgan fingerprint density at radius 2 is 2.11 bits per heavy atom. The van der Waals surface area contributed by atoms with Gasteiger partial charge in [0.15, 0.2) is 0 Å². The highest BCUT2D eigenvalue weighted by Gasteiger charge is 2.42. The third kappa shape index (κ3) is 2.22. The maximum Gasteiger partial charge on any atom is 0.254 e. The van der Waals surface area contributed by atoms with E-state index in [-0.39, 0.29) is 5.91 Å². The van der Waals surface area contributed by atoms with Gasteiger partial charge in [0, 0.05) is 23.3 Å². The van der Waals surface area contributed by atoms with Crippen LogP contribution in [0.2, 0.25) is 0 Å². The molecule has 2 N–H and O–H groups in total. The maximum absolute atomic E-state index is 12.7. The van der Waals surface area contributed by atoms with Crippen molar-refractivity contribution in [3.8, 4) is 0 Å². The van der Waals surface area contributed by atoms with E-state index in [1.165, 1.54) is 32.1 Å². The molecule has 0 radical (unpaired) electrons. The summed E-state index contributed by atoms with van der Waals surface area (Å²) >= 11 is 0. The Labute approximate surface area is 114 Å². The van der Waals surface area contributed by atoms with Crippen molar-refractivity contribution in [1.82, 2.24) is 4.90 Å². The molecular weight excluding hydrogens is 236 g/mol. The Morgan fingerprint density at radius 3 is 2.89 bits per heavy atom. The molecule has 2 fully saturated rings. The van der Waals surface area contributed by atoms with Crippen LogP contribution in [0.1, 0.15) is 49.4 Å². The molecule has 0 bridgehead atoms. The monoisotopic (exact) mass is 258 g/mol. The van der Waals surface area contributed by atoms with E-state index in [2.05, 4.69) is 11.8 Å². The van der Waals surface area contributed by atoms with Crippen molar-refractivity contribution in [1.29, 1.82) is 0 Å². The van der Waals surface area contributed by atoms with Crippen LogP contribution in [0.4, 0.5) is 5.69 Å². The summed E-state index contributed by atoms with van der Waals surface area (Å²) in [5.41, 5.74) is 7.19. The fourth-order valence-corrected chi connectivity index (χ4v) is 3.88. The van der Waals surface area contributed by atoms with Crippen LogP contribution in [0.3, 0.4) is 0 Å². The fraction of sp³-hybridized carbons (Fsp3) is 0.562. The van der Waals surface area contributed by atoms with Crippen LogP contribution in [0.25, 0.3) is 0 Å². The summed E-state index contributed by atoms with van der Waals surface area (Å²) in [6.45, 7) is 2.18. The van der Waals surface area contributed by atoms with Crippen LogP contribution in [0, 0.1) is 5.92 Å². The number of carbonyl (C=O) groups is 1. The molecule has 1 saturated heterocycles. The van der Waals surface area contributed by atoms with E-state index in [4.69, 9.17) is 5.73 Å². The van der Waals surface area contributed by atoms with Crippen molar-refractivity contribution < 1.29 is 4.79 Å². The Morgan fingerprint density at radius 1 is 1.32 bits per heavy atom. The zero-order valence-electron chi connectivity index (χ0n) is 11.5. The lowest BCUT2D eigenvalue weighted by molar-refractivity contribution is 0.0633. The summed E-state index contributed by atoms with van der Waals surface area (Å²) in [6.07, 6.45) is 6.21. The maximum atomic E-state index is 12.7. The van der Waals surface area contributed by atoms with E-state index >= 15 is 0 Å². The Bertz CT molecular complexity index is 485. The average molecular weight is 258 g/mol. The van der Waals surface area contributed by atoms with Gasteiger partial charge >= 0.3 is 0 Å². The van der Waals surface area contributed by atoms with Gasteiger partial charge in [-0.1, -0.05) is 18.9 Å². The van der Waals surface area contributed by atoms with Crippen molar-refractivity contribution in [3.63, 3.8) is 0 Å². The van der Waals surface area contributed by atoms with Crippen LogP contribution >= 0.6 is 0 Å². The number of fused-ring (bicyclic) bond motifs is 1. The largest absolute Gasteiger partial charge is 0.399 e. The molecule has 19 heavy (non-hydrogen) atoms. The Hall–Kier alpha value is -1.51. The number of likely N-dealkylation sites (tertiary alicyclic amines) is 1. The molecule has 3 unspecified atom stereocenters. The second-order valence-corrected chi connectivity index (χ2v) is 6.03. The topological polar surface area (TPSA) is 46.3 Å². The van der Waals surface area contributed by atoms with E-state index < -0.39 is 0 Å². The van der Waals surface area contributed by atoms with Crippen LogP contribution < -0.4 is 5.73 Å². The van der Waals surface area contributed by atoms with Gasteiger partial charge in [0.1, 0.15) is 0 Å². The molecule has 3 rings (SSSR count). The summed E-state index contributed by atoms with van der Waals surface area (Å²) in [7, 11) is 0. The molecule has 0 aromatic heterocycles. The predicted octanol–water partition coefficient (Wildman–Crippen LogP) is 3.06. The van der Waals surface area contributed by atoms with Crippen LogP contribution in [0.15, 0.2) is 24.3 Å². The summed E-state index contributed by atoms with van der Waals surface area (Å²) in [5, 5.41) is 0. The van der Waals surface area contributed by atoms with Gasteiger partial charge in [0.25, 0.3) is 5.91 Å². The van der Waals surface area contributed by atoms with E-state index in [1.54, 1.807) is 6.07 Å². The summed E-state index contributed by atoms with van der Waals surface area (Å²) < 4.78 is 0. The lowest BCUT2D eigenvalue weighted by Crippen LogP contribution is -2.42. The second-order valence-electron chi connectivity index (χ2n) is 6.03. The predicted molar refractivity (Wildman–Crippen MR) is 76.8 cm³/mol. The van der Waals surface area contributed by atoms with Crippen LogP contribution in [0.5, 0.6) is 0 Å². The Kier molecular flexibility index (Phi) is 3.21. The summed E-state index contributed by atoms with van der Waals surface area (Å²) in [6, 6.07) is 8.18. The molecule has 1 aromatic carbocycles. The Balaban J connectivity index is 1.86. The van der Waals surface area contributed by atoms with Crippen LogP contribution in [-0.2, 0) is 0 Å². The number of nitrogens with zero attached hydrogens (tertiary/aromatic N) is 1. The number of rotatable bonds is 1. The molecule has 0 spiro atoms.